The molecule has 0 unspecified atom stereocenters. The fourth-order valence-corrected chi connectivity index (χ4v) is 3.34. The summed E-state index contributed by atoms with van der Waals surface area (Å²) in [6.07, 6.45) is 5.81. The van der Waals surface area contributed by atoms with Crippen molar-refractivity contribution in [1.29, 1.82) is 0 Å². The zero-order valence-electron chi connectivity index (χ0n) is 14.9. The van der Waals surface area contributed by atoms with Gasteiger partial charge in [-0.05, 0) is 43.2 Å². The average molecular weight is 349 g/mol. The summed E-state index contributed by atoms with van der Waals surface area (Å²) >= 11 is 0. The van der Waals surface area contributed by atoms with Crippen LogP contribution in [0.4, 0.5) is 5.82 Å². The number of aromatic nitrogens is 5. The molecular weight excluding hydrogens is 326 g/mol. The van der Waals surface area contributed by atoms with E-state index in [0.29, 0.717) is 6.04 Å². The lowest BCUT2D eigenvalue weighted by atomic mass is 10.0. The molecule has 0 radical (unpaired) electrons. The van der Waals surface area contributed by atoms with E-state index in [9.17, 15) is 0 Å². The van der Waals surface area contributed by atoms with Crippen molar-refractivity contribution < 1.29 is 0 Å². The van der Waals surface area contributed by atoms with Crippen LogP contribution in [0, 0.1) is 0 Å². The molecule has 1 aliphatic rings. The van der Waals surface area contributed by atoms with Crippen LogP contribution >= 0.6 is 0 Å². The van der Waals surface area contributed by atoms with Crippen LogP contribution in [0.1, 0.15) is 18.5 Å². The molecule has 0 aromatic carbocycles. The number of hydrogen-bond acceptors (Lipinski definition) is 6. The van der Waals surface area contributed by atoms with Crippen LogP contribution < -0.4 is 5.32 Å². The van der Waals surface area contributed by atoms with Gasteiger partial charge in [0.1, 0.15) is 11.5 Å². The smallest absolute Gasteiger partial charge is 0.148 e. The lowest BCUT2D eigenvalue weighted by molar-refractivity contribution is 0.209. The van der Waals surface area contributed by atoms with Crippen molar-refractivity contribution in [3.8, 4) is 11.4 Å². The first-order valence-electron chi connectivity index (χ1n) is 8.99. The third kappa shape index (κ3) is 3.88. The fraction of sp³-hybridized carbons (Fsp3) is 0.368. The van der Waals surface area contributed by atoms with Crippen molar-refractivity contribution in [2.75, 3.05) is 18.4 Å². The highest BCUT2D eigenvalue weighted by atomic mass is 15.3. The van der Waals surface area contributed by atoms with Gasteiger partial charge in [-0.3, -0.25) is 14.6 Å². The lowest BCUT2D eigenvalue weighted by Crippen LogP contribution is -2.39. The molecule has 0 amide bonds. The Bertz CT molecular complexity index is 821. The van der Waals surface area contributed by atoms with Crippen LogP contribution in [-0.4, -0.2) is 49.0 Å². The number of anilines is 1. The maximum absolute atomic E-state index is 4.41. The average Bonchev–Trinajstić information content (AvgIpc) is 3.11. The third-order valence-electron chi connectivity index (χ3n) is 4.80. The molecule has 0 spiro atoms. The molecule has 1 saturated heterocycles. The maximum Gasteiger partial charge on any atom is 0.148 e. The summed E-state index contributed by atoms with van der Waals surface area (Å²) in [6.45, 7) is 3.05. The normalized spacial score (nSPS) is 15.9. The van der Waals surface area contributed by atoms with Crippen LogP contribution in [0.5, 0.6) is 0 Å². The van der Waals surface area contributed by atoms with E-state index in [-0.39, 0.29) is 0 Å². The number of nitrogens with zero attached hydrogens (tertiary/aromatic N) is 6. The Hall–Kier alpha value is -2.80. The summed E-state index contributed by atoms with van der Waals surface area (Å²) in [5.74, 6) is 0.832. The topological polar surface area (TPSA) is 71.8 Å². The van der Waals surface area contributed by atoms with Gasteiger partial charge in [-0.15, -0.1) is 10.2 Å². The molecule has 3 aromatic rings. The van der Waals surface area contributed by atoms with E-state index in [1.54, 1.807) is 10.9 Å². The molecule has 0 aliphatic carbocycles. The first-order valence-corrected chi connectivity index (χ1v) is 8.99. The summed E-state index contributed by atoms with van der Waals surface area (Å²) in [7, 11) is 1.90. The predicted molar refractivity (Wildman–Crippen MR) is 100 cm³/mol. The Morgan fingerprint density at radius 1 is 1.04 bits per heavy atom. The van der Waals surface area contributed by atoms with Gasteiger partial charge in [-0.2, -0.15) is 5.10 Å². The third-order valence-corrected chi connectivity index (χ3v) is 4.80. The van der Waals surface area contributed by atoms with Crippen LogP contribution in [-0.2, 0) is 13.6 Å². The molecule has 0 bridgehead atoms. The summed E-state index contributed by atoms with van der Waals surface area (Å²) in [5.41, 5.74) is 2.93. The van der Waals surface area contributed by atoms with Crippen LogP contribution in [0.2, 0.25) is 0 Å². The molecule has 1 aliphatic heterocycles. The highest BCUT2D eigenvalue weighted by molar-refractivity contribution is 5.54. The summed E-state index contributed by atoms with van der Waals surface area (Å²) < 4.78 is 1.80. The minimum Gasteiger partial charge on any atom is -0.366 e. The zero-order chi connectivity index (χ0) is 17.8. The monoisotopic (exact) mass is 349 g/mol. The van der Waals surface area contributed by atoms with Crippen LogP contribution in [0.3, 0.4) is 0 Å². The SMILES string of the molecule is Cn1nccc1-c1ccc(NC2CCN(Cc3ccccn3)CC2)nn1. The number of pyridine rings is 1. The second-order valence-corrected chi connectivity index (χ2v) is 6.66. The lowest BCUT2D eigenvalue weighted by Gasteiger charge is -2.32. The van der Waals surface area contributed by atoms with Gasteiger partial charge < -0.3 is 5.32 Å². The van der Waals surface area contributed by atoms with E-state index in [1.807, 2.05) is 43.6 Å². The minimum atomic E-state index is 0.437. The van der Waals surface area contributed by atoms with Crippen molar-refractivity contribution in [1.82, 2.24) is 29.9 Å². The van der Waals surface area contributed by atoms with Crippen LogP contribution in [0.15, 0.2) is 48.8 Å². The van der Waals surface area contributed by atoms with Crippen molar-refractivity contribution in [2.24, 2.45) is 7.05 Å². The van der Waals surface area contributed by atoms with Crippen LogP contribution in [0.25, 0.3) is 11.4 Å². The Kier molecular flexibility index (Phi) is 4.88. The van der Waals surface area contributed by atoms with Gasteiger partial charge in [0.15, 0.2) is 0 Å². The van der Waals surface area contributed by atoms with E-state index in [2.05, 4.69) is 36.6 Å². The van der Waals surface area contributed by atoms with Gasteiger partial charge in [-0.1, -0.05) is 6.07 Å². The minimum absolute atomic E-state index is 0.437. The maximum atomic E-state index is 4.41. The zero-order valence-corrected chi connectivity index (χ0v) is 14.9. The number of hydrogen-bond donors (Lipinski definition) is 1. The summed E-state index contributed by atoms with van der Waals surface area (Å²) in [4.78, 5) is 6.87. The number of aryl methyl sites for hydroxylation is 1. The van der Waals surface area contributed by atoms with Gasteiger partial charge in [0, 0.05) is 45.1 Å². The Balaban J connectivity index is 1.30. The molecule has 26 heavy (non-hydrogen) atoms. The fourth-order valence-electron chi connectivity index (χ4n) is 3.34. The summed E-state index contributed by atoms with van der Waals surface area (Å²) in [6, 6.07) is 12.5. The van der Waals surface area contributed by atoms with Gasteiger partial charge >= 0.3 is 0 Å². The van der Waals surface area contributed by atoms with E-state index >= 15 is 0 Å². The van der Waals surface area contributed by atoms with Gasteiger partial charge in [0.05, 0.1) is 11.4 Å². The molecule has 7 heteroatoms. The molecule has 1 N–H and O–H groups in total. The van der Waals surface area contributed by atoms with Gasteiger partial charge in [-0.25, -0.2) is 0 Å². The molecule has 7 nitrogen and oxygen atoms in total. The highest BCUT2D eigenvalue weighted by Gasteiger charge is 2.20. The van der Waals surface area contributed by atoms with E-state index in [0.717, 1.165) is 55.4 Å². The van der Waals surface area contributed by atoms with E-state index in [1.165, 1.54) is 0 Å². The quantitative estimate of drug-likeness (QED) is 0.762. The summed E-state index contributed by atoms with van der Waals surface area (Å²) in [5, 5.41) is 16.3. The first kappa shape index (κ1) is 16.7. The molecule has 4 rings (SSSR count). The molecule has 3 aromatic heterocycles. The predicted octanol–water partition coefficient (Wildman–Crippen LogP) is 2.35. The Morgan fingerprint density at radius 2 is 1.92 bits per heavy atom. The van der Waals surface area contributed by atoms with Crippen molar-refractivity contribution in [3.63, 3.8) is 0 Å². The highest BCUT2D eigenvalue weighted by Crippen LogP contribution is 2.19. The van der Waals surface area contributed by atoms with Crippen molar-refractivity contribution in [3.05, 3.63) is 54.5 Å². The Labute approximate surface area is 153 Å². The molecule has 0 atom stereocenters. The number of rotatable bonds is 5. The molecular formula is C19H23N7. The molecule has 134 valence electrons. The molecule has 1 fully saturated rings. The first-order chi connectivity index (χ1) is 12.8. The molecule has 4 heterocycles. The largest absolute Gasteiger partial charge is 0.366 e. The van der Waals surface area contributed by atoms with Gasteiger partial charge in [0.2, 0.25) is 0 Å². The van der Waals surface area contributed by atoms with Crippen molar-refractivity contribution in [2.45, 2.75) is 25.4 Å². The second kappa shape index (κ2) is 7.61. The number of piperidine rings is 1. The molecule has 0 saturated carbocycles. The van der Waals surface area contributed by atoms with E-state index < -0.39 is 0 Å². The van der Waals surface area contributed by atoms with Crippen molar-refractivity contribution >= 4 is 5.82 Å². The van der Waals surface area contributed by atoms with E-state index in [4.69, 9.17) is 0 Å². The number of nitrogens with one attached hydrogen (secondary N) is 1. The standard InChI is InChI=1S/C19H23N7/c1-25-18(7-11-21-25)17-5-6-19(24-23-17)22-15-8-12-26(13-9-15)14-16-4-2-3-10-20-16/h2-7,10-11,15H,8-9,12-14H2,1H3,(H,22,24). The second-order valence-electron chi connectivity index (χ2n) is 6.66. The Morgan fingerprint density at radius 3 is 2.58 bits per heavy atom. The number of likely N-dealkylation sites (tertiary alicyclic amines) is 1. The van der Waals surface area contributed by atoms with Gasteiger partial charge in [0.25, 0.3) is 0 Å².